The molecule has 3 rings (SSSR count). The lowest BCUT2D eigenvalue weighted by atomic mass is 10.1. The van der Waals surface area contributed by atoms with Gasteiger partial charge in [0.05, 0.1) is 11.4 Å². The van der Waals surface area contributed by atoms with E-state index in [2.05, 4.69) is 20.4 Å². The van der Waals surface area contributed by atoms with Crippen molar-refractivity contribution >= 4 is 29.4 Å². The Morgan fingerprint density at radius 2 is 2.32 bits per heavy atom. The lowest BCUT2D eigenvalue weighted by Gasteiger charge is -2.04. The highest BCUT2D eigenvalue weighted by Crippen LogP contribution is 2.18. The third kappa shape index (κ3) is 3.01. The summed E-state index contributed by atoms with van der Waals surface area (Å²) in [6.07, 6.45) is 4.73. The van der Waals surface area contributed by atoms with Crippen molar-refractivity contribution in [3.63, 3.8) is 0 Å². The van der Waals surface area contributed by atoms with Gasteiger partial charge in [0.2, 0.25) is 5.89 Å². The molecule has 0 aliphatic carbocycles. The summed E-state index contributed by atoms with van der Waals surface area (Å²) in [5.41, 5.74) is 0. The molecule has 8 heteroatoms. The van der Waals surface area contributed by atoms with E-state index in [4.69, 9.17) is 4.52 Å². The zero-order valence-electron chi connectivity index (χ0n) is 11.6. The van der Waals surface area contributed by atoms with E-state index in [1.807, 2.05) is 13.0 Å². The van der Waals surface area contributed by atoms with Gasteiger partial charge in [0.25, 0.3) is 11.8 Å². The molecule has 112 valence electrons. The van der Waals surface area contributed by atoms with E-state index in [0.29, 0.717) is 4.88 Å². The van der Waals surface area contributed by atoms with Crippen LogP contribution in [0.1, 0.15) is 32.2 Å². The van der Waals surface area contributed by atoms with Crippen LogP contribution >= 0.6 is 11.3 Å². The number of aromatic nitrogens is 2. The van der Waals surface area contributed by atoms with Crippen molar-refractivity contribution in [1.29, 1.82) is 0 Å². The predicted molar refractivity (Wildman–Crippen MR) is 79.9 cm³/mol. The number of amides is 2. The lowest BCUT2D eigenvalue weighted by molar-refractivity contribution is -0.118. The van der Waals surface area contributed by atoms with Gasteiger partial charge in [-0.1, -0.05) is 11.2 Å². The maximum Gasteiger partial charge on any atom is 0.261 e. The second kappa shape index (κ2) is 6.02. The number of thiophene rings is 1. The molecule has 0 fully saturated rings. The summed E-state index contributed by atoms with van der Waals surface area (Å²) < 4.78 is 5.05. The van der Waals surface area contributed by atoms with Gasteiger partial charge in [-0.2, -0.15) is 4.98 Å². The number of nitrogens with zero attached hydrogens (tertiary/aromatic N) is 3. The van der Waals surface area contributed by atoms with E-state index in [-0.39, 0.29) is 30.1 Å². The minimum Gasteiger partial charge on any atom is -0.342 e. The number of carbonyl (C=O) groups excluding carboxylic acids is 2. The molecule has 2 amide bonds. The number of aliphatic imine (C=N–C) groups is 1. The molecule has 2 aromatic rings. The van der Waals surface area contributed by atoms with Gasteiger partial charge in [-0.05, 0) is 25.1 Å². The van der Waals surface area contributed by atoms with Crippen LogP contribution in [-0.4, -0.2) is 28.2 Å². The van der Waals surface area contributed by atoms with Crippen molar-refractivity contribution in [3.05, 3.63) is 45.8 Å². The molecular weight excluding hydrogens is 304 g/mol. The number of hydrogen-bond donors (Lipinski definition) is 1. The molecule has 1 unspecified atom stereocenters. The molecule has 0 radical (unpaired) electrons. The van der Waals surface area contributed by atoms with Crippen LogP contribution in [0, 0.1) is 6.92 Å². The summed E-state index contributed by atoms with van der Waals surface area (Å²) >= 11 is 1.41. The average Bonchev–Trinajstić information content (AvgIpc) is 3.14. The van der Waals surface area contributed by atoms with Crippen molar-refractivity contribution in [2.75, 3.05) is 0 Å². The van der Waals surface area contributed by atoms with E-state index in [0.717, 1.165) is 4.88 Å². The van der Waals surface area contributed by atoms with Gasteiger partial charge in [0, 0.05) is 11.1 Å². The summed E-state index contributed by atoms with van der Waals surface area (Å²) in [5, 5.41) is 6.46. The average molecular weight is 316 g/mol. The molecule has 1 N–H and O–H groups in total. The number of nitrogens with one attached hydrogen (secondary N) is 1. The molecule has 1 atom stereocenters. The summed E-state index contributed by atoms with van der Waals surface area (Å²) in [4.78, 5) is 33.0. The smallest absolute Gasteiger partial charge is 0.261 e. The molecule has 2 aromatic heterocycles. The van der Waals surface area contributed by atoms with Crippen LogP contribution in [0.3, 0.4) is 0 Å². The number of carbonyl (C=O) groups is 2. The first-order valence-electron chi connectivity index (χ1n) is 6.55. The third-order valence-corrected chi connectivity index (χ3v) is 3.98. The summed E-state index contributed by atoms with van der Waals surface area (Å²) in [6.45, 7) is 2.04. The Morgan fingerprint density at radius 1 is 1.45 bits per heavy atom. The predicted octanol–water partition coefficient (Wildman–Crippen LogP) is 1.62. The van der Waals surface area contributed by atoms with Crippen LogP contribution in [0.5, 0.6) is 0 Å². The number of allylic oxidation sites excluding steroid dienone is 1. The maximum atomic E-state index is 11.9. The zero-order valence-corrected chi connectivity index (χ0v) is 12.5. The number of rotatable bonds is 4. The van der Waals surface area contributed by atoms with Gasteiger partial charge < -0.3 is 9.84 Å². The van der Waals surface area contributed by atoms with Crippen LogP contribution in [0.4, 0.5) is 0 Å². The standard InChI is InChI=1S/C14H12N4O3S/c1-8-4-5-10(22-8)14(20)16-7-11-17-12(18-21-11)9-3-2-6-15-13(9)19/h2-6,9H,7H2,1H3,(H,16,20). The molecule has 0 spiro atoms. The fraction of sp³-hybridized carbons (Fsp3) is 0.214. The molecular formula is C14H12N4O3S. The quantitative estimate of drug-likeness (QED) is 0.924. The number of dihydropyridines is 1. The van der Waals surface area contributed by atoms with Gasteiger partial charge in [0.15, 0.2) is 5.82 Å². The normalized spacial score (nSPS) is 17.0. The fourth-order valence-electron chi connectivity index (χ4n) is 1.90. The Balaban J connectivity index is 1.62. The Kier molecular flexibility index (Phi) is 3.92. The second-order valence-electron chi connectivity index (χ2n) is 4.62. The monoisotopic (exact) mass is 316 g/mol. The van der Waals surface area contributed by atoms with Crippen LogP contribution in [0.25, 0.3) is 0 Å². The molecule has 22 heavy (non-hydrogen) atoms. The minimum atomic E-state index is -0.627. The largest absolute Gasteiger partial charge is 0.342 e. The van der Waals surface area contributed by atoms with E-state index in [1.54, 1.807) is 18.2 Å². The molecule has 0 saturated heterocycles. The Bertz CT molecular complexity index is 775. The summed E-state index contributed by atoms with van der Waals surface area (Å²) in [5.74, 6) is -0.677. The maximum absolute atomic E-state index is 11.9. The Morgan fingerprint density at radius 3 is 3.05 bits per heavy atom. The molecule has 1 aliphatic heterocycles. The highest BCUT2D eigenvalue weighted by Gasteiger charge is 2.24. The van der Waals surface area contributed by atoms with Gasteiger partial charge >= 0.3 is 0 Å². The molecule has 0 aromatic carbocycles. The Hall–Kier alpha value is -2.61. The lowest BCUT2D eigenvalue weighted by Crippen LogP contribution is -2.22. The van der Waals surface area contributed by atoms with E-state index in [9.17, 15) is 9.59 Å². The summed E-state index contributed by atoms with van der Waals surface area (Å²) in [6, 6.07) is 3.64. The van der Waals surface area contributed by atoms with Gasteiger partial charge in [-0.3, -0.25) is 9.59 Å². The molecule has 7 nitrogen and oxygen atoms in total. The van der Waals surface area contributed by atoms with Crippen LogP contribution in [0.2, 0.25) is 0 Å². The fourth-order valence-corrected chi connectivity index (χ4v) is 2.69. The van der Waals surface area contributed by atoms with E-state index in [1.165, 1.54) is 17.6 Å². The molecule has 3 heterocycles. The zero-order chi connectivity index (χ0) is 15.5. The van der Waals surface area contributed by atoms with Crippen molar-refractivity contribution < 1.29 is 14.1 Å². The summed E-state index contributed by atoms with van der Waals surface area (Å²) in [7, 11) is 0. The van der Waals surface area contributed by atoms with Gasteiger partial charge in [-0.15, -0.1) is 11.3 Å². The van der Waals surface area contributed by atoms with Crippen LogP contribution in [0.15, 0.2) is 33.8 Å². The first-order chi connectivity index (χ1) is 10.6. The van der Waals surface area contributed by atoms with E-state index < -0.39 is 5.92 Å². The highest BCUT2D eigenvalue weighted by atomic mass is 32.1. The number of aryl methyl sites for hydroxylation is 1. The van der Waals surface area contributed by atoms with Crippen LogP contribution < -0.4 is 5.32 Å². The van der Waals surface area contributed by atoms with Crippen molar-refractivity contribution in [2.45, 2.75) is 19.4 Å². The molecule has 1 aliphatic rings. The van der Waals surface area contributed by atoms with Crippen molar-refractivity contribution in [3.8, 4) is 0 Å². The van der Waals surface area contributed by atoms with Crippen molar-refractivity contribution in [1.82, 2.24) is 15.5 Å². The number of hydrogen-bond acceptors (Lipinski definition) is 6. The molecule has 0 bridgehead atoms. The highest BCUT2D eigenvalue weighted by molar-refractivity contribution is 7.13. The van der Waals surface area contributed by atoms with Gasteiger partial charge in [0.1, 0.15) is 5.92 Å². The third-order valence-electron chi connectivity index (χ3n) is 2.98. The SMILES string of the molecule is Cc1ccc(C(=O)NCc2nc(C3C=CC=NC3=O)no2)s1. The van der Waals surface area contributed by atoms with Crippen molar-refractivity contribution in [2.24, 2.45) is 4.99 Å². The Labute approximate surface area is 129 Å². The van der Waals surface area contributed by atoms with E-state index >= 15 is 0 Å². The van der Waals surface area contributed by atoms with Crippen LogP contribution in [-0.2, 0) is 11.3 Å². The first-order valence-corrected chi connectivity index (χ1v) is 7.37. The van der Waals surface area contributed by atoms with Gasteiger partial charge in [-0.25, -0.2) is 4.99 Å². The minimum absolute atomic E-state index is 0.108. The second-order valence-corrected chi connectivity index (χ2v) is 5.91. The first kappa shape index (κ1) is 14.3. The molecule has 0 saturated carbocycles. The topological polar surface area (TPSA) is 97.5 Å².